The first-order valence-electron chi connectivity index (χ1n) is 7.75. The van der Waals surface area contributed by atoms with Crippen molar-refractivity contribution in [1.29, 1.82) is 0 Å². The Hall–Kier alpha value is -1.95. The zero-order valence-electron chi connectivity index (χ0n) is 14.3. The molecule has 0 aromatic carbocycles. The molecular formula is C17H23N3O2S. The molecule has 0 saturated heterocycles. The van der Waals surface area contributed by atoms with E-state index < -0.39 is 0 Å². The van der Waals surface area contributed by atoms with Gasteiger partial charge in [0.15, 0.2) is 5.13 Å². The molecule has 2 aromatic rings. The summed E-state index contributed by atoms with van der Waals surface area (Å²) in [4.78, 5) is 30.4. The molecule has 2 rings (SSSR count). The van der Waals surface area contributed by atoms with Crippen LogP contribution in [0.25, 0.3) is 0 Å². The molecule has 23 heavy (non-hydrogen) atoms. The van der Waals surface area contributed by atoms with Crippen LogP contribution in [0, 0.1) is 26.7 Å². The number of pyridine rings is 1. The van der Waals surface area contributed by atoms with Crippen molar-refractivity contribution < 1.29 is 4.79 Å². The average Bonchev–Trinajstić information content (AvgIpc) is 2.76. The summed E-state index contributed by atoms with van der Waals surface area (Å²) < 4.78 is 1.61. The quantitative estimate of drug-likeness (QED) is 0.910. The first-order chi connectivity index (χ1) is 10.8. The second-order valence-corrected chi connectivity index (χ2v) is 7.37. The van der Waals surface area contributed by atoms with Crippen LogP contribution in [0.4, 0.5) is 5.13 Å². The maximum atomic E-state index is 12.6. The van der Waals surface area contributed by atoms with E-state index in [-0.39, 0.29) is 17.0 Å². The number of aromatic nitrogens is 2. The molecule has 0 spiro atoms. The van der Waals surface area contributed by atoms with Crippen LogP contribution in [0.1, 0.15) is 46.8 Å². The van der Waals surface area contributed by atoms with E-state index in [1.54, 1.807) is 17.7 Å². The third kappa shape index (κ3) is 4.07. The van der Waals surface area contributed by atoms with Crippen LogP contribution >= 0.6 is 11.3 Å². The highest BCUT2D eigenvalue weighted by atomic mass is 32.1. The van der Waals surface area contributed by atoms with Gasteiger partial charge in [-0.2, -0.15) is 0 Å². The zero-order chi connectivity index (χ0) is 17.1. The standard InChI is InChI=1S/C17H23N3O2S/c1-10(2)6-8-20-9-7-11(3)14(16(20)22)15(21)19-17-18-12(4)13(5)23-17/h7,9-10H,6,8H2,1-5H3,(H,18,19,21). The summed E-state index contributed by atoms with van der Waals surface area (Å²) >= 11 is 1.42. The molecule has 0 aliphatic heterocycles. The SMILES string of the molecule is Cc1ccn(CCC(C)C)c(=O)c1C(=O)Nc1nc(C)c(C)s1. The van der Waals surface area contributed by atoms with E-state index >= 15 is 0 Å². The highest BCUT2D eigenvalue weighted by molar-refractivity contribution is 7.15. The van der Waals surface area contributed by atoms with Crippen LogP contribution in [-0.2, 0) is 6.54 Å². The normalized spacial score (nSPS) is 11.0. The van der Waals surface area contributed by atoms with Gasteiger partial charge >= 0.3 is 0 Å². The van der Waals surface area contributed by atoms with E-state index in [4.69, 9.17) is 0 Å². The molecule has 0 aliphatic carbocycles. The summed E-state index contributed by atoms with van der Waals surface area (Å²) in [5.41, 5.74) is 1.53. The summed E-state index contributed by atoms with van der Waals surface area (Å²) in [6, 6.07) is 1.81. The van der Waals surface area contributed by atoms with Crippen molar-refractivity contribution in [2.45, 2.75) is 47.6 Å². The Morgan fingerprint density at radius 2 is 2.04 bits per heavy atom. The zero-order valence-corrected chi connectivity index (χ0v) is 15.1. The fraction of sp³-hybridized carbons (Fsp3) is 0.471. The fourth-order valence-electron chi connectivity index (χ4n) is 2.20. The lowest BCUT2D eigenvalue weighted by atomic mass is 10.1. The largest absolute Gasteiger partial charge is 0.315 e. The molecule has 0 aliphatic rings. The second kappa shape index (κ2) is 7.08. The van der Waals surface area contributed by atoms with Crippen LogP contribution in [0.3, 0.4) is 0 Å². The van der Waals surface area contributed by atoms with Gasteiger partial charge in [-0.3, -0.25) is 14.9 Å². The van der Waals surface area contributed by atoms with Crippen LogP contribution < -0.4 is 10.9 Å². The molecular weight excluding hydrogens is 310 g/mol. The first-order valence-corrected chi connectivity index (χ1v) is 8.56. The van der Waals surface area contributed by atoms with Crippen molar-refractivity contribution in [2.24, 2.45) is 5.92 Å². The molecule has 1 N–H and O–H groups in total. The number of carbonyl (C=O) groups is 1. The summed E-state index contributed by atoms with van der Waals surface area (Å²) in [7, 11) is 0. The van der Waals surface area contributed by atoms with E-state index in [0.717, 1.165) is 17.0 Å². The van der Waals surface area contributed by atoms with Crippen LogP contribution in [0.2, 0.25) is 0 Å². The number of anilines is 1. The van der Waals surface area contributed by atoms with Gasteiger partial charge in [-0.25, -0.2) is 4.98 Å². The van der Waals surface area contributed by atoms with Gasteiger partial charge < -0.3 is 4.57 Å². The van der Waals surface area contributed by atoms with Crippen LogP contribution in [0.15, 0.2) is 17.1 Å². The maximum Gasteiger partial charge on any atom is 0.263 e. The average molecular weight is 333 g/mol. The molecule has 0 atom stereocenters. The van der Waals surface area contributed by atoms with Crippen molar-refractivity contribution >= 4 is 22.4 Å². The van der Waals surface area contributed by atoms with E-state index in [1.165, 1.54) is 11.3 Å². The lowest BCUT2D eigenvalue weighted by Gasteiger charge is -2.11. The molecule has 0 unspecified atom stereocenters. The second-order valence-electron chi connectivity index (χ2n) is 6.17. The molecule has 0 bridgehead atoms. The first kappa shape index (κ1) is 17.4. The third-order valence-corrected chi connectivity index (χ3v) is 4.79. The molecule has 5 nitrogen and oxygen atoms in total. The van der Waals surface area contributed by atoms with Gasteiger partial charge in [0.25, 0.3) is 11.5 Å². The van der Waals surface area contributed by atoms with Crippen molar-refractivity contribution in [3.05, 3.63) is 44.3 Å². The van der Waals surface area contributed by atoms with Gasteiger partial charge in [0.2, 0.25) is 0 Å². The molecule has 124 valence electrons. The Bertz CT molecular complexity index is 755. The predicted molar refractivity (Wildman–Crippen MR) is 94.4 cm³/mol. The summed E-state index contributed by atoms with van der Waals surface area (Å²) in [5.74, 6) is 0.113. The third-order valence-electron chi connectivity index (χ3n) is 3.80. The minimum atomic E-state index is -0.389. The Morgan fingerprint density at radius 3 is 2.61 bits per heavy atom. The Labute approximate surface area is 140 Å². The molecule has 1 amide bonds. The number of amides is 1. The number of aryl methyl sites for hydroxylation is 4. The summed E-state index contributed by atoms with van der Waals surface area (Å²) in [5, 5.41) is 3.28. The topological polar surface area (TPSA) is 64.0 Å². The van der Waals surface area contributed by atoms with E-state index in [2.05, 4.69) is 24.1 Å². The number of hydrogen-bond acceptors (Lipinski definition) is 4. The van der Waals surface area contributed by atoms with E-state index in [0.29, 0.717) is 23.2 Å². The molecule has 0 radical (unpaired) electrons. The Balaban J connectivity index is 2.28. The molecule has 2 aromatic heterocycles. The summed E-state index contributed by atoms with van der Waals surface area (Å²) in [6.07, 6.45) is 2.66. The number of nitrogens with zero attached hydrogens (tertiary/aromatic N) is 2. The lowest BCUT2D eigenvalue weighted by Crippen LogP contribution is -2.30. The number of carbonyl (C=O) groups excluding carboxylic acids is 1. The Kier molecular flexibility index (Phi) is 5.36. The van der Waals surface area contributed by atoms with Crippen LogP contribution in [0.5, 0.6) is 0 Å². The van der Waals surface area contributed by atoms with Crippen molar-refractivity contribution in [1.82, 2.24) is 9.55 Å². The van der Waals surface area contributed by atoms with E-state index in [1.807, 2.05) is 19.9 Å². The van der Waals surface area contributed by atoms with Crippen molar-refractivity contribution in [2.75, 3.05) is 5.32 Å². The highest BCUT2D eigenvalue weighted by Gasteiger charge is 2.17. The molecule has 2 heterocycles. The minimum absolute atomic E-state index is 0.196. The summed E-state index contributed by atoms with van der Waals surface area (Å²) in [6.45, 7) is 10.5. The van der Waals surface area contributed by atoms with Gasteiger partial charge in [0.05, 0.1) is 5.69 Å². The van der Waals surface area contributed by atoms with Gasteiger partial charge in [-0.1, -0.05) is 13.8 Å². The maximum absolute atomic E-state index is 12.6. The monoisotopic (exact) mass is 333 g/mol. The van der Waals surface area contributed by atoms with Crippen molar-refractivity contribution in [3.8, 4) is 0 Å². The predicted octanol–water partition coefficient (Wildman–Crippen LogP) is 3.53. The molecule has 0 fully saturated rings. The lowest BCUT2D eigenvalue weighted by molar-refractivity contribution is 0.102. The number of thiazole rings is 1. The van der Waals surface area contributed by atoms with Crippen LogP contribution in [-0.4, -0.2) is 15.5 Å². The van der Waals surface area contributed by atoms with Gasteiger partial charge in [-0.15, -0.1) is 11.3 Å². The number of hydrogen-bond donors (Lipinski definition) is 1. The Morgan fingerprint density at radius 1 is 1.35 bits per heavy atom. The smallest absolute Gasteiger partial charge is 0.263 e. The molecule has 0 saturated carbocycles. The van der Waals surface area contributed by atoms with Gasteiger partial charge in [0.1, 0.15) is 5.56 Å². The van der Waals surface area contributed by atoms with E-state index in [9.17, 15) is 9.59 Å². The number of rotatable bonds is 5. The fourth-order valence-corrected chi connectivity index (χ4v) is 3.01. The molecule has 6 heteroatoms. The van der Waals surface area contributed by atoms with Gasteiger partial charge in [0, 0.05) is 17.6 Å². The number of nitrogens with one attached hydrogen (secondary N) is 1. The minimum Gasteiger partial charge on any atom is -0.315 e. The van der Waals surface area contributed by atoms with Crippen molar-refractivity contribution in [3.63, 3.8) is 0 Å². The highest BCUT2D eigenvalue weighted by Crippen LogP contribution is 2.21. The van der Waals surface area contributed by atoms with Gasteiger partial charge in [-0.05, 0) is 44.7 Å².